The van der Waals surface area contributed by atoms with Gasteiger partial charge in [0.15, 0.2) is 5.65 Å². The Bertz CT molecular complexity index is 1240. The van der Waals surface area contributed by atoms with Gasteiger partial charge in [-0.05, 0) is 46.2 Å². The van der Waals surface area contributed by atoms with Gasteiger partial charge in [-0.15, -0.1) is 0 Å². The highest BCUT2D eigenvalue weighted by atomic mass is 32.2. The Morgan fingerprint density at radius 1 is 1.29 bits per heavy atom. The number of pyridine rings is 1. The number of nitrogens with one attached hydrogen (secondary N) is 1. The number of hydrogen-bond acceptors (Lipinski definition) is 6. The molecular weight excluding hydrogens is 418 g/mol. The fourth-order valence-corrected chi connectivity index (χ4v) is 5.47. The van der Waals surface area contributed by atoms with Crippen LogP contribution in [0.4, 0.5) is 0 Å². The monoisotopic (exact) mass is 445 g/mol. The Labute approximate surface area is 181 Å². The Balaban J connectivity index is 1.67. The van der Waals surface area contributed by atoms with Gasteiger partial charge < -0.3 is 9.73 Å². The molecule has 31 heavy (non-hydrogen) atoms. The number of nitrogens with zero attached hydrogens (tertiary/aromatic N) is 4. The van der Waals surface area contributed by atoms with Crippen LogP contribution < -0.4 is 5.32 Å². The molecule has 0 saturated carbocycles. The Kier molecular flexibility index (Phi) is 5.61. The normalized spacial score (nSPS) is 16.4. The van der Waals surface area contributed by atoms with Crippen molar-refractivity contribution >= 4 is 27.0 Å². The molecule has 0 unspecified atom stereocenters. The molecule has 0 radical (unpaired) electrons. The summed E-state index contributed by atoms with van der Waals surface area (Å²) in [6.45, 7) is 8.74. The first kappa shape index (κ1) is 21.5. The molecule has 0 spiro atoms. The minimum Gasteiger partial charge on any atom is -0.466 e. The van der Waals surface area contributed by atoms with Crippen molar-refractivity contribution < 1.29 is 17.6 Å². The van der Waals surface area contributed by atoms with E-state index >= 15 is 0 Å². The SMILES string of the molecule is Cc1cc(-c2cc(C(=O)NCCN3CCCS3(=O)=O)c3cnn(C(C)C)c3n2)c(C)o1. The Morgan fingerprint density at radius 2 is 2.06 bits per heavy atom. The van der Waals surface area contributed by atoms with Crippen LogP contribution in [0, 0.1) is 13.8 Å². The molecule has 1 aliphatic rings. The van der Waals surface area contributed by atoms with E-state index in [2.05, 4.69) is 10.4 Å². The number of rotatable bonds is 6. The van der Waals surface area contributed by atoms with Crippen LogP contribution in [0.1, 0.15) is 48.2 Å². The number of fused-ring (bicyclic) bond motifs is 1. The number of furan rings is 1. The summed E-state index contributed by atoms with van der Waals surface area (Å²) in [6, 6.07) is 3.72. The van der Waals surface area contributed by atoms with Gasteiger partial charge in [0.05, 0.1) is 28.6 Å². The second-order valence-corrected chi connectivity index (χ2v) is 10.2. The highest BCUT2D eigenvalue weighted by Gasteiger charge is 2.28. The van der Waals surface area contributed by atoms with Crippen LogP contribution in [0.15, 0.2) is 22.7 Å². The number of aromatic nitrogens is 3. The summed E-state index contributed by atoms with van der Waals surface area (Å²) in [5.41, 5.74) is 2.54. The van der Waals surface area contributed by atoms with E-state index in [-0.39, 0.29) is 30.8 Å². The van der Waals surface area contributed by atoms with Crippen LogP contribution in [0.3, 0.4) is 0 Å². The van der Waals surface area contributed by atoms with Crippen molar-refractivity contribution in [2.24, 2.45) is 0 Å². The van der Waals surface area contributed by atoms with Crippen LogP contribution in [-0.4, -0.2) is 58.8 Å². The lowest BCUT2D eigenvalue weighted by molar-refractivity contribution is 0.0953. The zero-order valence-corrected chi connectivity index (χ0v) is 19.0. The third-order valence-corrected chi connectivity index (χ3v) is 7.42. The number of carbonyl (C=O) groups is 1. The Hall–Kier alpha value is -2.72. The van der Waals surface area contributed by atoms with E-state index in [1.807, 2.05) is 33.8 Å². The maximum atomic E-state index is 13.1. The van der Waals surface area contributed by atoms with Gasteiger partial charge in [-0.3, -0.25) is 4.79 Å². The Morgan fingerprint density at radius 3 is 2.68 bits per heavy atom. The zero-order chi connectivity index (χ0) is 22.3. The number of amides is 1. The standard InChI is InChI=1S/C21H27N5O4S/c1-13(2)26-20-18(12-23-26)17(11-19(24-20)16-10-14(3)30-15(16)4)21(27)22-6-8-25-7-5-9-31(25,28)29/h10-13H,5-9H2,1-4H3,(H,22,27). The lowest BCUT2D eigenvalue weighted by atomic mass is 10.1. The molecule has 9 nitrogen and oxygen atoms in total. The van der Waals surface area contributed by atoms with Crippen LogP contribution >= 0.6 is 0 Å². The van der Waals surface area contributed by atoms with E-state index in [4.69, 9.17) is 9.40 Å². The largest absolute Gasteiger partial charge is 0.466 e. The van der Waals surface area contributed by atoms with E-state index in [1.165, 1.54) is 4.31 Å². The third kappa shape index (κ3) is 4.09. The smallest absolute Gasteiger partial charge is 0.252 e. The number of aryl methyl sites for hydroxylation is 2. The molecule has 4 rings (SSSR count). The fraction of sp³-hybridized carbons (Fsp3) is 0.476. The average molecular weight is 446 g/mol. The van der Waals surface area contributed by atoms with E-state index < -0.39 is 10.0 Å². The van der Waals surface area contributed by atoms with E-state index in [0.29, 0.717) is 35.3 Å². The molecule has 0 aliphatic carbocycles. The summed E-state index contributed by atoms with van der Waals surface area (Å²) >= 11 is 0. The van der Waals surface area contributed by atoms with Crippen LogP contribution in [0.5, 0.6) is 0 Å². The summed E-state index contributed by atoms with van der Waals surface area (Å²) in [7, 11) is -3.19. The molecule has 1 saturated heterocycles. The molecule has 3 aromatic heterocycles. The van der Waals surface area contributed by atoms with Crippen molar-refractivity contribution in [1.29, 1.82) is 0 Å². The molecule has 3 aromatic rings. The molecule has 166 valence electrons. The maximum Gasteiger partial charge on any atom is 0.252 e. The average Bonchev–Trinajstić information content (AvgIpc) is 3.37. The minimum absolute atomic E-state index is 0.0729. The molecule has 0 bridgehead atoms. The molecular formula is C21H27N5O4S. The van der Waals surface area contributed by atoms with Crippen LogP contribution in [0.2, 0.25) is 0 Å². The third-order valence-electron chi connectivity index (χ3n) is 5.47. The minimum atomic E-state index is -3.19. The predicted octanol–water partition coefficient (Wildman–Crippen LogP) is 2.65. The van der Waals surface area contributed by atoms with Gasteiger partial charge in [0, 0.05) is 31.2 Å². The van der Waals surface area contributed by atoms with E-state index in [9.17, 15) is 13.2 Å². The van der Waals surface area contributed by atoms with Crippen molar-refractivity contribution in [2.45, 2.75) is 40.2 Å². The van der Waals surface area contributed by atoms with Gasteiger partial charge in [-0.1, -0.05) is 0 Å². The van der Waals surface area contributed by atoms with Crippen molar-refractivity contribution in [3.05, 3.63) is 35.4 Å². The van der Waals surface area contributed by atoms with Gasteiger partial charge in [0.2, 0.25) is 10.0 Å². The highest BCUT2D eigenvalue weighted by molar-refractivity contribution is 7.89. The molecule has 1 N–H and O–H groups in total. The predicted molar refractivity (Wildman–Crippen MR) is 117 cm³/mol. The quantitative estimate of drug-likeness (QED) is 0.625. The van der Waals surface area contributed by atoms with Crippen molar-refractivity contribution in [1.82, 2.24) is 24.4 Å². The van der Waals surface area contributed by atoms with Gasteiger partial charge in [0.25, 0.3) is 5.91 Å². The summed E-state index contributed by atoms with van der Waals surface area (Å²) < 4.78 is 32.8. The van der Waals surface area contributed by atoms with Crippen molar-refractivity contribution in [2.75, 3.05) is 25.4 Å². The lowest BCUT2D eigenvalue weighted by Crippen LogP contribution is -2.36. The molecule has 10 heteroatoms. The van der Waals surface area contributed by atoms with E-state index in [1.54, 1.807) is 16.9 Å². The fourth-order valence-electron chi connectivity index (χ4n) is 3.94. The van der Waals surface area contributed by atoms with Gasteiger partial charge in [-0.2, -0.15) is 5.10 Å². The summed E-state index contributed by atoms with van der Waals surface area (Å²) in [6.07, 6.45) is 2.28. The highest BCUT2D eigenvalue weighted by Crippen LogP contribution is 2.30. The molecule has 1 fully saturated rings. The number of sulfonamides is 1. The first-order valence-corrected chi connectivity index (χ1v) is 12.0. The second kappa shape index (κ2) is 8.08. The molecule has 0 atom stereocenters. The number of carbonyl (C=O) groups excluding carboxylic acids is 1. The van der Waals surface area contributed by atoms with Crippen LogP contribution in [0.25, 0.3) is 22.3 Å². The lowest BCUT2D eigenvalue weighted by Gasteiger charge is -2.15. The van der Waals surface area contributed by atoms with Crippen LogP contribution in [-0.2, 0) is 10.0 Å². The topological polar surface area (TPSA) is 110 Å². The molecule has 4 heterocycles. The molecule has 1 amide bonds. The number of hydrogen-bond donors (Lipinski definition) is 1. The van der Waals surface area contributed by atoms with Crippen molar-refractivity contribution in [3.8, 4) is 11.3 Å². The first-order valence-electron chi connectivity index (χ1n) is 10.4. The summed E-state index contributed by atoms with van der Waals surface area (Å²) in [5, 5.41) is 7.94. The van der Waals surface area contributed by atoms with Gasteiger partial charge in [-0.25, -0.2) is 22.4 Å². The summed E-state index contributed by atoms with van der Waals surface area (Å²) in [5.74, 6) is 1.38. The van der Waals surface area contributed by atoms with Gasteiger partial charge in [0.1, 0.15) is 11.5 Å². The van der Waals surface area contributed by atoms with Crippen molar-refractivity contribution in [3.63, 3.8) is 0 Å². The maximum absolute atomic E-state index is 13.1. The van der Waals surface area contributed by atoms with E-state index in [0.717, 1.165) is 17.1 Å². The first-order chi connectivity index (χ1) is 14.7. The van der Waals surface area contributed by atoms with Gasteiger partial charge >= 0.3 is 0 Å². The molecule has 0 aromatic carbocycles. The summed E-state index contributed by atoms with van der Waals surface area (Å²) in [4.78, 5) is 17.9. The molecule has 1 aliphatic heterocycles. The zero-order valence-electron chi connectivity index (χ0n) is 18.2. The second-order valence-electron chi connectivity index (χ2n) is 8.13.